The summed E-state index contributed by atoms with van der Waals surface area (Å²) in [7, 11) is 3.50. The van der Waals surface area contributed by atoms with E-state index in [1.165, 1.54) is 45.2 Å². The summed E-state index contributed by atoms with van der Waals surface area (Å²) in [5.74, 6) is 3.33. The molecule has 164 valence electrons. The summed E-state index contributed by atoms with van der Waals surface area (Å²) in [4.78, 5) is 7.03. The fourth-order valence-corrected chi connectivity index (χ4v) is 4.35. The number of likely N-dealkylation sites (tertiary alicyclic amines) is 1. The van der Waals surface area contributed by atoms with E-state index in [4.69, 9.17) is 9.47 Å². The van der Waals surface area contributed by atoms with Gasteiger partial charge in [0.1, 0.15) is 0 Å². The summed E-state index contributed by atoms with van der Waals surface area (Å²) >= 11 is 0. The first-order valence-corrected chi connectivity index (χ1v) is 10.7. The molecule has 0 amide bonds. The lowest BCUT2D eigenvalue weighted by Gasteiger charge is -2.21. The van der Waals surface area contributed by atoms with Crippen molar-refractivity contribution in [2.45, 2.75) is 51.6 Å². The molecule has 1 aliphatic carbocycles. The number of halogens is 1. The Hall–Kier alpha value is -1.22. The molecular formula is C22H37IN4O2. The van der Waals surface area contributed by atoms with Gasteiger partial charge in [0.2, 0.25) is 0 Å². The van der Waals surface area contributed by atoms with Crippen LogP contribution in [0.15, 0.2) is 23.2 Å². The Kier molecular flexibility index (Phi) is 10.3. The summed E-state index contributed by atoms with van der Waals surface area (Å²) in [6, 6.07) is 6.51. The van der Waals surface area contributed by atoms with Gasteiger partial charge in [-0.05, 0) is 49.8 Å². The number of guanidine groups is 1. The van der Waals surface area contributed by atoms with Crippen LogP contribution in [0.5, 0.6) is 11.5 Å². The number of rotatable bonds is 8. The third-order valence-electron chi connectivity index (χ3n) is 5.82. The van der Waals surface area contributed by atoms with E-state index in [1.807, 2.05) is 26.1 Å². The quantitative estimate of drug-likeness (QED) is 0.314. The van der Waals surface area contributed by atoms with Crippen LogP contribution in [0, 0.1) is 5.92 Å². The molecule has 6 nitrogen and oxygen atoms in total. The zero-order valence-corrected chi connectivity index (χ0v) is 20.4. The number of nitrogens with zero attached hydrogens (tertiary/aromatic N) is 2. The summed E-state index contributed by atoms with van der Waals surface area (Å²) in [5, 5.41) is 7.03. The lowest BCUT2D eigenvalue weighted by molar-refractivity contribution is 0.275. The molecule has 1 unspecified atom stereocenters. The van der Waals surface area contributed by atoms with Crippen molar-refractivity contribution in [3.8, 4) is 11.5 Å². The molecule has 1 saturated carbocycles. The van der Waals surface area contributed by atoms with Crippen molar-refractivity contribution in [1.29, 1.82) is 0 Å². The molecular weight excluding hydrogens is 479 g/mol. The van der Waals surface area contributed by atoms with Gasteiger partial charge in [0.15, 0.2) is 17.5 Å². The normalized spacial score (nSPS) is 20.4. The third-order valence-corrected chi connectivity index (χ3v) is 5.82. The highest BCUT2D eigenvalue weighted by molar-refractivity contribution is 14.0. The Morgan fingerprint density at radius 1 is 1.21 bits per heavy atom. The average Bonchev–Trinajstić information content (AvgIpc) is 3.38. The van der Waals surface area contributed by atoms with Gasteiger partial charge < -0.3 is 25.0 Å². The molecule has 2 fully saturated rings. The van der Waals surface area contributed by atoms with Crippen LogP contribution < -0.4 is 20.1 Å². The summed E-state index contributed by atoms with van der Waals surface area (Å²) in [5.41, 5.74) is 1.14. The first kappa shape index (κ1) is 24.1. The zero-order chi connectivity index (χ0) is 19.8. The number of benzene rings is 1. The van der Waals surface area contributed by atoms with E-state index in [-0.39, 0.29) is 24.0 Å². The first-order chi connectivity index (χ1) is 13.7. The van der Waals surface area contributed by atoms with Crippen LogP contribution in [-0.4, -0.2) is 57.3 Å². The SMILES string of the molecule is CCOc1cc(CNC(=NC)NC2CCN(CC3CCCC3)C2)ccc1OC.I. The number of nitrogens with one attached hydrogen (secondary N) is 2. The predicted octanol–water partition coefficient (Wildman–Crippen LogP) is 3.64. The van der Waals surface area contributed by atoms with Crippen molar-refractivity contribution in [3.63, 3.8) is 0 Å². The summed E-state index contributed by atoms with van der Waals surface area (Å²) in [6.45, 7) is 6.89. The van der Waals surface area contributed by atoms with Gasteiger partial charge in [0, 0.05) is 39.3 Å². The molecule has 1 aromatic rings. The van der Waals surface area contributed by atoms with Crippen molar-refractivity contribution in [2.75, 3.05) is 40.4 Å². The third kappa shape index (κ3) is 7.20. The van der Waals surface area contributed by atoms with E-state index in [0.717, 1.165) is 35.5 Å². The van der Waals surface area contributed by atoms with Gasteiger partial charge in [-0.25, -0.2) is 0 Å². The Balaban J connectivity index is 0.00000300. The highest BCUT2D eigenvalue weighted by Gasteiger charge is 2.26. The number of aliphatic imine (C=N–C) groups is 1. The second kappa shape index (κ2) is 12.5. The largest absolute Gasteiger partial charge is 0.493 e. The average molecular weight is 516 g/mol. The maximum atomic E-state index is 5.67. The van der Waals surface area contributed by atoms with Crippen LogP contribution in [0.2, 0.25) is 0 Å². The summed E-state index contributed by atoms with van der Waals surface area (Å²) < 4.78 is 11.0. The van der Waals surface area contributed by atoms with Crippen molar-refractivity contribution in [2.24, 2.45) is 10.9 Å². The second-order valence-corrected chi connectivity index (χ2v) is 7.88. The second-order valence-electron chi connectivity index (χ2n) is 7.88. The van der Waals surface area contributed by atoms with E-state index in [1.54, 1.807) is 7.11 Å². The lowest BCUT2D eigenvalue weighted by Crippen LogP contribution is -2.44. The highest BCUT2D eigenvalue weighted by Crippen LogP contribution is 2.28. The van der Waals surface area contributed by atoms with E-state index >= 15 is 0 Å². The molecule has 0 bridgehead atoms. The molecule has 1 aliphatic heterocycles. The zero-order valence-electron chi connectivity index (χ0n) is 18.1. The topological polar surface area (TPSA) is 58.1 Å². The van der Waals surface area contributed by atoms with Gasteiger partial charge in [-0.15, -0.1) is 24.0 Å². The minimum Gasteiger partial charge on any atom is -0.493 e. The lowest BCUT2D eigenvalue weighted by atomic mass is 10.1. The standard InChI is InChI=1S/C22H36N4O2.HI/c1-4-28-21-13-18(9-10-20(21)27-3)14-24-22(23-2)25-19-11-12-26(16-19)15-17-7-5-6-8-17;/h9-10,13,17,19H,4-8,11-12,14-16H2,1-3H3,(H2,23,24,25);1H. The number of hydrogen-bond donors (Lipinski definition) is 2. The first-order valence-electron chi connectivity index (χ1n) is 10.7. The maximum absolute atomic E-state index is 5.67. The number of methoxy groups -OCH3 is 1. The Morgan fingerprint density at radius 3 is 2.69 bits per heavy atom. The van der Waals surface area contributed by atoms with E-state index in [0.29, 0.717) is 19.2 Å². The van der Waals surface area contributed by atoms with Crippen LogP contribution in [0.25, 0.3) is 0 Å². The Morgan fingerprint density at radius 2 is 2.00 bits per heavy atom. The minimum atomic E-state index is 0. The molecule has 0 radical (unpaired) electrons. The molecule has 1 atom stereocenters. The molecule has 0 spiro atoms. The van der Waals surface area contributed by atoms with Gasteiger partial charge in [0.05, 0.1) is 13.7 Å². The van der Waals surface area contributed by atoms with E-state index < -0.39 is 0 Å². The van der Waals surface area contributed by atoms with Crippen LogP contribution in [-0.2, 0) is 6.54 Å². The molecule has 7 heteroatoms. The molecule has 1 heterocycles. The predicted molar refractivity (Wildman–Crippen MR) is 130 cm³/mol. The van der Waals surface area contributed by atoms with Gasteiger partial charge in [-0.3, -0.25) is 4.99 Å². The summed E-state index contributed by atoms with van der Waals surface area (Å²) in [6.07, 6.45) is 6.87. The van der Waals surface area contributed by atoms with Crippen LogP contribution in [0.4, 0.5) is 0 Å². The van der Waals surface area contributed by atoms with Crippen molar-refractivity contribution < 1.29 is 9.47 Å². The molecule has 1 aromatic carbocycles. The van der Waals surface area contributed by atoms with Gasteiger partial charge in [-0.1, -0.05) is 18.9 Å². The van der Waals surface area contributed by atoms with Gasteiger partial charge >= 0.3 is 0 Å². The molecule has 29 heavy (non-hydrogen) atoms. The Labute approximate surface area is 192 Å². The monoisotopic (exact) mass is 516 g/mol. The van der Waals surface area contributed by atoms with Crippen molar-refractivity contribution in [1.82, 2.24) is 15.5 Å². The smallest absolute Gasteiger partial charge is 0.191 e. The van der Waals surface area contributed by atoms with E-state index in [2.05, 4.69) is 26.6 Å². The highest BCUT2D eigenvalue weighted by atomic mass is 127. The molecule has 1 saturated heterocycles. The van der Waals surface area contributed by atoms with Crippen molar-refractivity contribution >= 4 is 29.9 Å². The maximum Gasteiger partial charge on any atom is 0.191 e. The minimum absolute atomic E-state index is 0. The van der Waals surface area contributed by atoms with Gasteiger partial charge in [-0.2, -0.15) is 0 Å². The molecule has 0 aromatic heterocycles. The molecule has 3 rings (SSSR count). The molecule has 2 aliphatic rings. The number of hydrogen-bond acceptors (Lipinski definition) is 4. The molecule has 2 N–H and O–H groups in total. The number of ether oxygens (including phenoxy) is 2. The Bertz CT molecular complexity index is 650. The van der Waals surface area contributed by atoms with Crippen LogP contribution >= 0.6 is 24.0 Å². The van der Waals surface area contributed by atoms with Crippen LogP contribution in [0.3, 0.4) is 0 Å². The van der Waals surface area contributed by atoms with E-state index in [9.17, 15) is 0 Å². The van der Waals surface area contributed by atoms with Gasteiger partial charge in [0.25, 0.3) is 0 Å². The van der Waals surface area contributed by atoms with Crippen molar-refractivity contribution in [3.05, 3.63) is 23.8 Å². The van der Waals surface area contributed by atoms with Crippen LogP contribution in [0.1, 0.15) is 44.6 Å². The fraction of sp³-hybridized carbons (Fsp3) is 0.682. The fourth-order valence-electron chi connectivity index (χ4n) is 4.35.